The average molecular weight is 667 g/mol. The van der Waals surface area contributed by atoms with Crippen molar-refractivity contribution in [2.24, 2.45) is 5.92 Å². The van der Waals surface area contributed by atoms with E-state index in [1.807, 2.05) is 0 Å². The van der Waals surface area contributed by atoms with Crippen LogP contribution in [0.3, 0.4) is 0 Å². The number of carboxylic acid groups (broad SMARTS) is 1. The molecule has 260 valence electrons. The van der Waals surface area contributed by atoms with Crippen molar-refractivity contribution < 1.29 is 63.4 Å². The van der Waals surface area contributed by atoms with Gasteiger partial charge in [0.1, 0.15) is 30.7 Å². The number of nitrogens with zero attached hydrogens (tertiary/aromatic N) is 1. The van der Waals surface area contributed by atoms with E-state index in [9.17, 15) is 49.2 Å². The summed E-state index contributed by atoms with van der Waals surface area (Å²) in [4.78, 5) is 73.3. The molecule has 6 atom stereocenters. The molecule has 17 nitrogen and oxygen atoms in total. The number of unbranched alkanes of at least 4 members (excludes halogenated alkanes) is 2. The maximum Gasteiger partial charge on any atom is 0.407 e. The van der Waals surface area contributed by atoms with E-state index < -0.39 is 48.7 Å². The fourth-order valence-electron chi connectivity index (χ4n) is 4.92. The van der Waals surface area contributed by atoms with Crippen LogP contribution in [-0.4, -0.2) is 111 Å². The van der Waals surface area contributed by atoms with E-state index in [1.165, 1.54) is 23.1 Å². The normalized spacial score (nSPS) is 24.1. The second kappa shape index (κ2) is 17.6. The number of amides is 5. The highest BCUT2D eigenvalue weighted by molar-refractivity contribution is 6.03. The van der Waals surface area contributed by atoms with Crippen LogP contribution in [0.25, 0.3) is 0 Å². The Bertz CT molecular complexity index is 1310. The summed E-state index contributed by atoms with van der Waals surface area (Å²) in [6.07, 6.45) is -8.04. The Morgan fingerprint density at radius 2 is 1.72 bits per heavy atom. The third-order valence-corrected chi connectivity index (χ3v) is 7.49. The van der Waals surface area contributed by atoms with Crippen LogP contribution >= 0.6 is 0 Å². The number of aliphatic hydroxyl groups excluding tert-OH is 3. The number of benzene rings is 1. The highest BCUT2D eigenvalue weighted by Crippen LogP contribution is 2.31. The lowest BCUT2D eigenvalue weighted by molar-refractivity contribution is -0.271. The Kier molecular flexibility index (Phi) is 13.9. The summed E-state index contributed by atoms with van der Waals surface area (Å²) >= 11 is 0. The first-order chi connectivity index (χ1) is 22.3. The highest BCUT2D eigenvalue weighted by atomic mass is 16.7. The lowest BCUT2D eigenvalue weighted by Gasteiger charge is -2.38. The van der Waals surface area contributed by atoms with Gasteiger partial charge in [-0.05, 0) is 37.5 Å². The van der Waals surface area contributed by atoms with E-state index in [0.717, 1.165) is 0 Å². The molecule has 2 aliphatic rings. The van der Waals surface area contributed by atoms with Crippen LogP contribution in [0.2, 0.25) is 0 Å². The molecule has 0 saturated carbocycles. The van der Waals surface area contributed by atoms with Crippen molar-refractivity contribution in [3.05, 3.63) is 23.8 Å². The number of ether oxygens (including phenoxy) is 3. The summed E-state index contributed by atoms with van der Waals surface area (Å²) in [5, 5.41) is 47.5. The molecule has 5 amide bonds. The molecule has 7 N–H and O–H groups in total. The van der Waals surface area contributed by atoms with E-state index in [2.05, 4.69) is 16.0 Å². The predicted octanol–water partition coefficient (Wildman–Crippen LogP) is -0.396. The Morgan fingerprint density at radius 3 is 2.38 bits per heavy atom. The quantitative estimate of drug-likeness (QED) is 0.0878. The Morgan fingerprint density at radius 1 is 0.979 bits per heavy atom. The lowest BCUT2D eigenvalue weighted by atomic mass is 9.99. The van der Waals surface area contributed by atoms with Crippen LogP contribution < -0.4 is 20.7 Å². The molecule has 3 rings (SSSR count). The van der Waals surface area contributed by atoms with Gasteiger partial charge in [-0.15, -0.1) is 0 Å². The largest absolute Gasteiger partial charge is 0.479 e. The summed E-state index contributed by atoms with van der Waals surface area (Å²) in [5.74, 6) is -3.20. The monoisotopic (exact) mass is 666 g/mol. The summed E-state index contributed by atoms with van der Waals surface area (Å²) < 4.78 is 15.9. The molecular weight excluding hydrogens is 624 g/mol. The summed E-state index contributed by atoms with van der Waals surface area (Å²) in [6.45, 7) is 3.89. The second-order valence-electron chi connectivity index (χ2n) is 11.2. The number of rotatable bonds is 16. The number of aliphatic carboxylic acids is 1. The number of likely N-dealkylation sites (tertiary alicyclic amines) is 1. The number of alkyl carbamates (subject to hydrolysis) is 1. The molecule has 1 aromatic carbocycles. The van der Waals surface area contributed by atoms with E-state index in [0.29, 0.717) is 37.9 Å². The molecule has 0 bridgehead atoms. The number of carbonyl (C=O) groups excluding carboxylic acids is 5. The van der Waals surface area contributed by atoms with Crippen molar-refractivity contribution in [2.75, 3.05) is 25.0 Å². The van der Waals surface area contributed by atoms with Gasteiger partial charge in [0.05, 0.1) is 5.69 Å². The lowest BCUT2D eigenvalue weighted by Crippen LogP contribution is -2.61. The first-order valence-electron chi connectivity index (χ1n) is 15.4. The fraction of sp³-hybridized carbons (Fsp3) is 0.600. The van der Waals surface area contributed by atoms with E-state index >= 15 is 0 Å². The van der Waals surface area contributed by atoms with Gasteiger partial charge in [0.25, 0.3) is 0 Å². The topological polar surface area (TPSA) is 250 Å². The number of imide groups is 1. The fourth-order valence-corrected chi connectivity index (χ4v) is 4.92. The van der Waals surface area contributed by atoms with E-state index in [4.69, 9.17) is 14.2 Å². The van der Waals surface area contributed by atoms with Crippen molar-refractivity contribution in [3.63, 3.8) is 0 Å². The molecule has 2 aliphatic heterocycles. The smallest absolute Gasteiger partial charge is 0.407 e. The number of nitrogens with one attached hydrogen (secondary N) is 3. The van der Waals surface area contributed by atoms with Crippen LogP contribution in [0.5, 0.6) is 5.75 Å². The molecule has 0 radical (unpaired) electrons. The molecule has 2 fully saturated rings. The first kappa shape index (κ1) is 37.1. The van der Waals surface area contributed by atoms with Crippen molar-refractivity contribution in [3.8, 4) is 5.75 Å². The third kappa shape index (κ3) is 10.6. The van der Waals surface area contributed by atoms with E-state index in [1.54, 1.807) is 13.8 Å². The highest BCUT2D eigenvalue weighted by Gasteiger charge is 2.48. The van der Waals surface area contributed by atoms with Crippen molar-refractivity contribution >= 4 is 41.4 Å². The third-order valence-electron chi connectivity index (χ3n) is 7.49. The molecule has 0 spiro atoms. The molecular formula is C30H42N4O13. The number of anilines is 1. The van der Waals surface area contributed by atoms with Gasteiger partial charge >= 0.3 is 12.1 Å². The van der Waals surface area contributed by atoms with Gasteiger partial charge in [0.2, 0.25) is 29.9 Å². The summed E-state index contributed by atoms with van der Waals surface area (Å²) in [6, 6.07) is 4.22. The first-order valence-corrected chi connectivity index (χ1v) is 15.4. The van der Waals surface area contributed by atoms with Crippen LogP contribution in [0.15, 0.2) is 18.2 Å². The molecule has 2 saturated heterocycles. The Balaban J connectivity index is 1.54. The molecule has 17 heteroatoms. The second-order valence-corrected chi connectivity index (χ2v) is 11.2. The maximum absolute atomic E-state index is 12.8. The van der Waals surface area contributed by atoms with E-state index in [-0.39, 0.29) is 67.5 Å². The SMILES string of the molecule is CCNC(=O)OCc1ccc(O[C@@H]2OC(C(=O)O)[C@@H](O)[C@H](O)C2O)c(NC(=O)CCNC(=O)CCCCCN2C(=O)CC(C)C2=O)c1. The zero-order chi connectivity index (χ0) is 34.7. The van der Waals surface area contributed by atoms with Crippen molar-refractivity contribution in [2.45, 2.75) is 89.7 Å². The number of aliphatic hydroxyl groups is 3. The number of hydrogen-bond donors (Lipinski definition) is 7. The molecule has 47 heavy (non-hydrogen) atoms. The van der Waals surface area contributed by atoms with Gasteiger partial charge in [-0.25, -0.2) is 9.59 Å². The maximum atomic E-state index is 12.8. The van der Waals surface area contributed by atoms with Crippen LogP contribution in [0.1, 0.15) is 57.9 Å². The number of hydrogen-bond acceptors (Lipinski definition) is 12. The minimum absolute atomic E-state index is 0.00958. The van der Waals surface area contributed by atoms with Gasteiger partial charge < -0.3 is 50.6 Å². The minimum atomic E-state index is -1.93. The van der Waals surface area contributed by atoms with Crippen LogP contribution in [-0.2, 0) is 40.1 Å². The van der Waals surface area contributed by atoms with Gasteiger partial charge in [-0.3, -0.25) is 24.1 Å². The molecule has 1 aromatic rings. The Labute approximate surface area is 270 Å². The Hall–Kier alpha value is -4.32. The molecule has 0 aromatic heterocycles. The average Bonchev–Trinajstić information content (AvgIpc) is 3.26. The standard InChI is InChI=1S/C30H42N4O13/c1-3-31-30(44)45-15-17-8-9-19(46-29-25(40)23(38)24(39)26(47-29)28(42)43)18(14-17)33-21(36)10-11-32-20(35)7-5-4-6-12-34-22(37)13-16(2)27(34)41/h8-9,14,16,23-26,29,38-40H,3-7,10-13,15H2,1-2H3,(H,31,44)(H,32,35)(H,33,36)(H,42,43)/t16?,23-,24-,25?,26?,29+/m0/s1. The zero-order valence-corrected chi connectivity index (χ0v) is 26.2. The van der Waals surface area contributed by atoms with Crippen molar-refractivity contribution in [1.29, 1.82) is 0 Å². The molecule has 3 unspecified atom stereocenters. The van der Waals surface area contributed by atoms with Gasteiger partial charge in [0, 0.05) is 44.8 Å². The summed E-state index contributed by atoms with van der Waals surface area (Å²) in [7, 11) is 0. The van der Waals surface area contributed by atoms with Crippen molar-refractivity contribution in [1.82, 2.24) is 15.5 Å². The number of carbonyl (C=O) groups is 6. The number of carboxylic acids is 1. The van der Waals surface area contributed by atoms with Crippen LogP contribution in [0.4, 0.5) is 10.5 Å². The van der Waals surface area contributed by atoms with Gasteiger partial charge in [-0.1, -0.05) is 19.4 Å². The van der Waals surface area contributed by atoms with Gasteiger partial charge in [0.15, 0.2) is 6.10 Å². The van der Waals surface area contributed by atoms with Gasteiger partial charge in [-0.2, -0.15) is 0 Å². The zero-order valence-electron chi connectivity index (χ0n) is 26.2. The summed E-state index contributed by atoms with van der Waals surface area (Å²) in [5.41, 5.74) is 0.440. The predicted molar refractivity (Wildman–Crippen MR) is 160 cm³/mol. The van der Waals surface area contributed by atoms with Crippen LogP contribution in [0, 0.1) is 5.92 Å². The minimum Gasteiger partial charge on any atom is -0.479 e. The molecule has 0 aliphatic carbocycles. The molecule has 2 heterocycles.